The molecule has 0 aliphatic heterocycles. The second kappa shape index (κ2) is 7.01. The van der Waals surface area contributed by atoms with Crippen molar-refractivity contribution in [1.82, 2.24) is 4.98 Å². The van der Waals surface area contributed by atoms with Crippen molar-refractivity contribution >= 4 is 17.3 Å². The topological polar surface area (TPSA) is 59.4 Å². The third kappa shape index (κ3) is 4.15. The van der Waals surface area contributed by atoms with E-state index in [2.05, 4.69) is 4.98 Å². The van der Waals surface area contributed by atoms with E-state index in [1.54, 1.807) is 23.8 Å². The number of hydrogen-bond donors (Lipinski definition) is 1. The Bertz CT molecular complexity index is 524. The minimum atomic E-state index is -0.884. The highest BCUT2D eigenvalue weighted by Crippen LogP contribution is 2.17. The van der Waals surface area contributed by atoms with Crippen molar-refractivity contribution in [3.63, 3.8) is 0 Å². The van der Waals surface area contributed by atoms with E-state index in [9.17, 15) is 4.79 Å². The molecule has 19 heavy (non-hydrogen) atoms. The highest BCUT2D eigenvalue weighted by atomic mass is 32.1. The van der Waals surface area contributed by atoms with Gasteiger partial charge in [0.25, 0.3) is 0 Å². The summed E-state index contributed by atoms with van der Waals surface area (Å²) in [6.45, 7) is 0.985. The molecule has 5 heteroatoms. The van der Waals surface area contributed by atoms with Gasteiger partial charge in [0, 0.05) is 24.6 Å². The number of aromatic carboxylic acids is 1. The van der Waals surface area contributed by atoms with Crippen molar-refractivity contribution in [2.75, 3.05) is 6.61 Å². The fourth-order valence-electron chi connectivity index (χ4n) is 1.75. The summed E-state index contributed by atoms with van der Waals surface area (Å²) in [5.74, 6) is -0.884. The zero-order valence-corrected chi connectivity index (χ0v) is 11.2. The average Bonchev–Trinajstić information content (AvgIpc) is 2.88. The third-order valence-electron chi connectivity index (χ3n) is 2.70. The van der Waals surface area contributed by atoms with E-state index in [1.165, 1.54) is 16.9 Å². The van der Waals surface area contributed by atoms with Gasteiger partial charge in [-0.15, -0.1) is 11.3 Å². The Morgan fingerprint density at radius 3 is 2.84 bits per heavy atom. The van der Waals surface area contributed by atoms with E-state index >= 15 is 0 Å². The van der Waals surface area contributed by atoms with Crippen LogP contribution in [0.15, 0.2) is 36.0 Å². The van der Waals surface area contributed by atoms with Gasteiger partial charge in [0.2, 0.25) is 0 Å². The molecule has 2 aromatic rings. The molecule has 2 rings (SSSR count). The van der Waals surface area contributed by atoms with Gasteiger partial charge in [-0.3, -0.25) is 4.98 Å². The molecule has 2 heterocycles. The minimum Gasteiger partial charge on any atom is -0.477 e. The largest absolute Gasteiger partial charge is 0.477 e. The van der Waals surface area contributed by atoms with Crippen LogP contribution in [-0.2, 0) is 17.8 Å². The Morgan fingerprint density at radius 1 is 1.32 bits per heavy atom. The van der Waals surface area contributed by atoms with Crippen molar-refractivity contribution in [2.45, 2.75) is 19.4 Å². The summed E-state index contributed by atoms with van der Waals surface area (Å²) in [5.41, 5.74) is 1.99. The van der Waals surface area contributed by atoms with Gasteiger partial charge in [-0.25, -0.2) is 4.79 Å². The predicted molar refractivity (Wildman–Crippen MR) is 73.5 cm³/mol. The lowest BCUT2D eigenvalue weighted by Crippen LogP contribution is -2.01. The lowest BCUT2D eigenvalue weighted by atomic mass is 10.1. The van der Waals surface area contributed by atoms with Crippen LogP contribution in [0.25, 0.3) is 0 Å². The smallest absolute Gasteiger partial charge is 0.346 e. The number of aromatic nitrogens is 1. The fraction of sp³-hybridized carbons (Fsp3) is 0.286. The number of pyridine rings is 1. The molecular formula is C14H15NO3S. The number of ether oxygens (including phenoxy) is 1. The van der Waals surface area contributed by atoms with Gasteiger partial charge in [0.1, 0.15) is 4.88 Å². The van der Waals surface area contributed by atoms with Crippen LogP contribution >= 0.6 is 11.3 Å². The molecule has 0 saturated heterocycles. The van der Waals surface area contributed by atoms with E-state index in [4.69, 9.17) is 9.84 Å². The maximum atomic E-state index is 10.9. The van der Waals surface area contributed by atoms with Crippen LogP contribution in [0, 0.1) is 0 Å². The summed E-state index contributed by atoms with van der Waals surface area (Å²) in [4.78, 5) is 15.2. The Balaban J connectivity index is 1.70. The van der Waals surface area contributed by atoms with E-state index in [0.717, 1.165) is 18.4 Å². The molecule has 0 aromatic carbocycles. The molecule has 0 fully saturated rings. The molecule has 0 radical (unpaired) electrons. The maximum Gasteiger partial charge on any atom is 0.346 e. The Labute approximate surface area is 115 Å². The number of carbonyl (C=O) groups is 1. The third-order valence-corrected chi connectivity index (χ3v) is 3.65. The lowest BCUT2D eigenvalue weighted by Gasteiger charge is -2.04. The molecular weight excluding hydrogens is 262 g/mol. The number of thiophene rings is 1. The molecule has 1 N–H and O–H groups in total. The van der Waals surface area contributed by atoms with E-state index in [0.29, 0.717) is 18.1 Å². The second-order valence-corrected chi connectivity index (χ2v) is 5.01. The maximum absolute atomic E-state index is 10.9. The summed E-state index contributed by atoms with van der Waals surface area (Å²) in [6, 6.07) is 5.78. The van der Waals surface area contributed by atoms with Gasteiger partial charge < -0.3 is 9.84 Å². The Kier molecular flexibility index (Phi) is 5.06. The molecule has 0 unspecified atom stereocenters. The quantitative estimate of drug-likeness (QED) is 0.790. The van der Waals surface area contributed by atoms with Gasteiger partial charge in [-0.1, -0.05) is 0 Å². The highest BCUT2D eigenvalue weighted by molar-refractivity contribution is 7.12. The van der Waals surface area contributed by atoms with E-state index in [-0.39, 0.29) is 0 Å². The summed E-state index contributed by atoms with van der Waals surface area (Å²) >= 11 is 1.23. The zero-order chi connectivity index (χ0) is 13.5. The predicted octanol–water partition coefficient (Wildman–Crippen LogP) is 2.99. The Hall–Kier alpha value is -1.72. The van der Waals surface area contributed by atoms with Crippen molar-refractivity contribution in [3.8, 4) is 0 Å². The summed E-state index contributed by atoms with van der Waals surface area (Å²) in [6.07, 6.45) is 5.41. The molecule has 0 aliphatic carbocycles. The van der Waals surface area contributed by atoms with Crippen molar-refractivity contribution in [1.29, 1.82) is 0 Å². The zero-order valence-electron chi connectivity index (χ0n) is 10.4. The van der Waals surface area contributed by atoms with Crippen LogP contribution in [0.4, 0.5) is 0 Å². The summed E-state index contributed by atoms with van der Waals surface area (Å²) in [7, 11) is 0. The van der Waals surface area contributed by atoms with Crippen molar-refractivity contribution in [3.05, 3.63) is 52.0 Å². The molecule has 0 atom stereocenters. The van der Waals surface area contributed by atoms with E-state index < -0.39 is 5.97 Å². The van der Waals surface area contributed by atoms with Crippen LogP contribution in [0.1, 0.15) is 27.2 Å². The molecule has 0 saturated carbocycles. The highest BCUT2D eigenvalue weighted by Gasteiger charge is 2.11. The molecule has 0 spiro atoms. The number of carboxylic acid groups (broad SMARTS) is 1. The SMILES string of the molecule is O=C(O)c1sccc1COCCCc1ccncc1. The molecule has 2 aromatic heterocycles. The van der Waals surface area contributed by atoms with Crippen molar-refractivity contribution < 1.29 is 14.6 Å². The molecule has 0 aliphatic rings. The lowest BCUT2D eigenvalue weighted by molar-refractivity contribution is 0.0693. The van der Waals surface area contributed by atoms with Gasteiger partial charge in [-0.2, -0.15) is 0 Å². The first kappa shape index (κ1) is 13.7. The normalized spacial score (nSPS) is 10.5. The van der Waals surface area contributed by atoms with Crippen LogP contribution < -0.4 is 0 Å². The summed E-state index contributed by atoms with van der Waals surface area (Å²) < 4.78 is 5.52. The molecule has 0 bridgehead atoms. The first-order valence-electron chi connectivity index (χ1n) is 6.03. The monoisotopic (exact) mass is 277 g/mol. The molecule has 100 valence electrons. The number of rotatable bonds is 7. The summed E-state index contributed by atoms with van der Waals surface area (Å²) in [5, 5.41) is 10.7. The minimum absolute atomic E-state index is 0.363. The van der Waals surface area contributed by atoms with Crippen LogP contribution in [0.3, 0.4) is 0 Å². The molecule has 0 amide bonds. The van der Waals surface area contributed by atoms with E-state index in [1.807, 2.05) is 12.1 Å². The van der Waals surface area contributed by atoms with Gasteiger partial charge in [-0.05, 0) is 42.0 Å². The van der Waals surface area contributed by atoms with Gasteiger partial charge in [0.15, 0.2) is 0 Å². The van der Waals surface area contributed by atoms with Gasteiger partial charge >= 0.3 is 5.97 Å². The van der Waals surface area contributed by atoms with Crippen LogP contribution in [-0.4, -0.2) is 22.7 Å². The average molecular weight is 277 g/mol. The second-order valence-electron chi connectivity index (χ2n) is 4.09. The number of carboxylic acids is 1. The number of nitrogens with zero attached hydrogens (tertiary/aromatic N) is 1. The van der Waals surface area contributed by atoms with Crippen LogP contribution in [0.2, 0.25) is 0 Å². The van der Waals surface area contributed by atoms with Crippen LogP contribution in [0.5, 0.6) is 0 Å². The first-order chi connectivity index (χ1) is 9.27. The van der Waals surface area contributed by atoms with Gasteiger partial charge in [0.05, 0.1) is 6.61 Å². The Morgan fingerprint density at radius 2 is 2.11 bits per heavy atom. The standard InChI is InChI=1S/C14H15NO3S/c16-14(17)13-12(5-9-19-13)10-18-8-1-2-11-3-6-15-7-4-11/h3-7,9H,1-2,8,10H2,(H,16,17). The first-order valence-corrected chi connectivity index (χ1v) is 6.91. The number of aryl methyl sites for hydroxylation is 1. The molecule has 4 nitrogen and oxygen atoms in total. The fourth-order valence-corrected chi connectivity index (χ4v) is 2.49. The number of hydrogen-bond acceptors (Lipinski definition) is 4. The van der Waals surface area contributed by atoms with Crippen molar-refractivity contribution in [2.24, 2.45) is 0 Å².